The Balaban J connectivity index is 1.74. The van der Waals surface area contributed by atoms with Crippen molar-refractivity contribution in [3.8, 4) is 0 Å². The molecule has 2 fully saturated rings. The highest BCUT2D eigenvalue weighted by Crippen LogP contribution is 2.30. The number of ether oxygens (including phenoxy) is 4. The summed E-state index contributed by atoms with van der Waals surface area (Å²) in [4.78, 5) is 10.6. The van der Waals surface area contributed by atoms with Gasteiger partial charge in [0.15, 0.2) is 12.6 Å². The first-order valence-electron chi connectivity index (χ1n) is 15.6. The average Bonchev–Trinajstić information content (AvgIpc) is 2.88. The van der Waals surface area contributed by atoms with E-state index in [9.17, 15) is 20.1 Å². The average molecular weight is 561 g/mol. The van der Waals surface area contributed by atoms with E-state index in [2.05, 4.69) is 6.92 Å². The maximum atomic E-state index is 10.9. The van der Waals surface area contributed by atoms with Gasteiger partial charge in [-0.25, -0.2) is 0 Å². The minimum atomic E-state index is -0.932. The Morgan fingerprint density at radius 2 is 1.28 bits per heavy atom. The van der Waals surface area contributed by atoms with Crippen LogP contribution in [0.4, 0.5) is 0 Å². The number of unbranched alkanes of at least 4 members (excludes halogenated alkanes) is 10. The smallest absolute Gasteiger partial charge is 0.303 e. The molecule has 2 heterocycles. The molecule has 2 aliphatic rings. The molecular weight excluding hydrogens is 504 g/mol. The highest BCUT2D eigenvalue weighted by molar-refractivity contribution is 5.66. The lowest BCUT2D eigenvalue weighted by Crippen LogP contribution is -2.54. The van der Waals surface area contributed by atoms with Crippen molar-refractivity contribution in [1.29, 1.82) is 0 Å². The molecule has 0 aromatic rings. The summed E-state index contributed by atoms with van der Waals surface area (Å²) in [7, 11) is 0. The van der Waals surface area contributed by atoms with Crippen LogP contribution in [0.2, 0.25) is 0 Å². The first-order chi connectivity index (χ1) is 18.7. The predicted molar refractivity (Wildman–Crippen MR) is 148 cm³/mol. The minimum absolute atomic E-state index is 0.0352. The molecule has 9 heteroatoms. The molecule has 9 atom stereocenters. The fraction of sp³-hybridized carbons (Fsp3) is 0.967. The standard InChI is InChI=1S/C30H56O9/c1-4-5-6-13-16-23(17-14-11-9-7-8-10-12-15-18-28(34)35)38-29-26(33)20-27(22(3)37-29)39-30-25(32)19-24(31)21(2)36-30/h21-27,29-33H,4-20H2,1-3H3,(H,34,35)/t21-,22-,23+,24+,25+,26+,27+,29-,30-/m0/s1. The van der Waals surface area contributed by atoms with Gasteiger partial charge < -0.3 is 39.4 Å². The lowest BCUT2D eigenvalue weighted by molar-refractivity contribution is -0.324. The van der Waals surface area contributed by atoms with Gasteiger partial charge in [-0.05, 0) is 33.1 Å². The van der Waals surface area contributed by atoms with Crippen LogP contribution in [0.1, 0.15) is 130 Å². The van der Waals surface area contributed by atoms with E-state index in [1.807, 2.05) is 6.92 Å². The summed E-state index contributed by atoms with van der Waals surface area (Å²) in [6.07, 6.45) is 10.7. The highest BCUT2D eigenvalue weighted by Gasteiger charge is 2.42. The largest absolute Gasteiger partial charge is 0.481 e. The number of rotatable bonds is 20. The van der Waals surface area contributed by atoms with Gasteiger partial charge in [0.2, 0.25) is 0 Å². The van der Waals surface area contributed by atoms with Gasteiger partial charge in [0.1, 0.15) is 12.2 Å². The maximum Gasteiger partial charge on any atom is 0.303 e. The van der Waals surface area contributed by atoms with E-state index >= 15 is 0 Å². The van der Waals surface area contributed by atoms with Crippen LogP contribution in [0.3, 0.4) is 0 Å². The molecule has 0 unspecified atom stereocenters. The zero-order valence-electron chi connectivity index (χ0n) is 24.5. The lowest BCUT2D eigenvalue weighted by Gasteiger charge is -2.42. The lowest BCUT2D eigenvalue weighted by atomic mass is 10.00. The second-order valence-corrected chi connectivity index (χ2v) is 11.6. The van der Waals surface area contributed by atoms with Crippen molar-refractivity contribution < 1.29 is 44.2 Å². The summed E-state index contributed by atoms with van der Waals surface area (Å²) in [6, 6.07) is 0. The Labute approximate surface area is 235 Å². The number of aliphatic hydroxyl groups excluding tert-OH is 3. The third-order valence-corrected chi connectivity index (χ3v) is 8.03. The third kappa shape index (κ3) is 13.6. The van der Waals surface area contributed by atoms with E-state index in [1.54, 1.807) is 6.92 Å². The molecule has 4 N–H and O–H groups in total. The third-order valence-electron chi connectivity index (χ3n) is 8.03. The molecule has 9 nitrogen and oxygen atoms in total. The molecule has 39 heavy (non-hydrogen) atoms. The second kappa shape index (κ2) is 19.3. The topological polar surface area (TPSA) is 135 Å². The van der Waals surface area contributed by atoms with Gasteiger partial charge in [0.25, 0.3) is 0 Å². The van der Waals surface area contributed by atoms with Crippen molar-refractivity contribution in [1.82, 2.24) is 0 Å². The van der Waals surface area contributed by atoms with Gasteiger partial charge in [-0.3, -0.25) is 4.79 Å². The highest BCUT2D eigenvalue weighted by atomic mass is 16.7. The molecule has 0 aliphatic carbocycles. The summed E-state index contributed by atoms with van der Waals surface area (Å²) in [6.45, 7) is 5.84. The van der Waals surface area contributed by atoms with E-state index in [4.69, 9.17) is 24.1 Å². The number of hydrogen-bond donors (Lipinski definition) is 4. The molecule has 0 bridgehead atoms. The molecule has 0 aromatic heterocycles. The fourth-order valence-corrected chi connectivity index (χ4v) is 5.44. The molecule has 0 aromatic carbocycles. The van der Waals surface area contributed by atoms with Gasteiger partial charge in [-0.2, -0.15) is 0 Å². The summed E-state index contributed by atoms with van der Waals surface area (Å²) >= 11 is 0. The Kier molecular flexibility index (Phi) is 17.1. The van der Waals surface area contributed by atoms with Crippen LogP contribution < -0.4 is 0 Å². The summed E-state index contributed by atoms with van der Waals surface area (Å²) < 4.78 is 24.1. The summed E-state index contributed by atoms with van der Waals surface area (Å²) in [5.41, 5.74) is 0. The fourth-order valence-electron chi connectivity index (χ4n) is 5.44. The van der Waals surface area contributed by atoms with Crippen LogP contribution in [0.5, 0.6) is 0 Å². The van der Waals surface area contributed by atoms with E-state index in [-0.39, 0.29) is 25.0 Å². The molecule has 2 saturated heterocycles. The first-order valence-corrected chi connectivity index (χ1v) is 15.6. The van der Waals surface area contributed by atoms with Crippen LogP contribution in [-0.4, -0.2) is 81.7 Å². The molecule has 0 spiro atoms. The number of carboxylic acid groups (broad SMARTS) is 1. The van der Waals surface area contributed by atoms with Crippen molar-refractivity contribution in [2.24, 2.45) is 0 Å². The molecule has 0 saturated carbocycles. The van der Waals surface area contributed by atoms with Crippen LogP contribution in [0.25, 0.3) is 0 Å². The van der Waals surface area contributed by atoms with Crippen molar-refractivity contribution >= 4 is 5.97 Å². The molecule has 230 valence electrons. The molecular formula is C30H56O9. The molecule has 0 radical (unpaired) electrons. The van der Waals surface area contributed by atoms with Crippen molar-refractivity contribution in [3.63, 3.8) is 0 Å². The summed E-state index contributed by atoms with van der Waals surface area (Å²) in [5, 5.41) is 39.7. The van der Waals surface area contributed by atoms with E-state index in [0.29, 0.717) is 6.42 Å². The maximum absolute atomic E-state index is 10.9. The number of aliphatic carboxylic acids is 1. The second-order valence-electron chi connectivity index (χ2n) is 11.6. The summed E-state index contributed by atoms with van der Waals surface area (Å²) in [5.74, 6) is -0.708. The number of carbonyl (C=O) groups is 1. The van der Waals surface area contributed by atoms with Gasteiger partial charge in [0.05, 0.1) is 30.5 Å². The Hall–Kier alpha value is -0.810. The zero-order chi connectivity index (χ0) is 28.6. The van der Waals surface area contributed by atoms with Gasteiger partial charge in [0, 0.05) is 19.3 Å². The van der Waals surface area contributed by atoms with Gasteiger partial charge in [-0.1, -0.05) is 77.6 Å². The number of hydrogen-bond acceptors (Lipinski definition) is 8. The van der Waals surface area contributed by atoms with Crippen LogP contribution in [-0.2, 0) is 23.7 Å². The van der Waals surface area contributed by atoms with E-state index < -0.39 is 49.1 Å². The van der Waals surface area contributed by atoms with Crippen LogP contribution in [0, 0.1) is 0 Å². The number of carboxylic acids is 1. The van der Waals surface area contributed by atoms with Crippen molar-refractivity contribution in [2.45, 2.75) is 185 Å². The molecule has 2 aliphatic heterocycles. The van der Waals surface area contributed by atoms with E-state index in [1.165, 1.54) is 32.1 Å². The normalized spacial score (nSPS) is 32.3. The van der Waals surface area contributed by atoms with E-state index in [0.717, 1.165) is 57.8 Å². The number of aliphatic hydroxyl groups is 3. The molecule has 0 amide bonds. The van der Waals surface area contributed by atoms with Crippen molar-refractivity contribution in [2.75, 3.05) is 0 Å². The SMILES string of the molecule is CCCCCC[C@H](CCCCCCCCCCC(=O)O)O[C@@H]1O[C@@H](C)[C@H](O[C@@H]2O[C@@H](C)[C@H](O)C[C@H]2O)C[C@H]1O. The Bertz CT molecular complexity index is 648. The van der Waals surface area contributed by atoms with Crippen molar-refractivity contribution in [3.05, 3.63) is 0 Å². The Morgan fingerprint density at radius 3 is 1.90 bits per heavy atom. The Morgan fingerprint density at radius 1 is 0.744 bits per heavy atom. The minimum Gasteiger partial charge on any atom is -0.481 e. The van der Waals surface area contributed by atoms with Gasteiger partial charge >= 0.3 is 5.97 Å². The van der Waals surface area contributed by atoms with Crippen LogP contribution in [0.15, 0.2) is 0 Å². The van der Waals surface area contributed by atoms with Crippen LogP contribution >= 0.6 is 0 Å². The quantitative estimate of drug-likeness (QED) is 0.151. The predicted octanol–water partition coefficient (Wildman–Crippen LogP) is 5.07. The molecule has 2 rings (SSSR count). The first kappa shape index (κ1) is 34.4. The zero-order valence-corrected chi connectivity index (χ0v) is 24.5. The van der Waals surface area contributed by atoms with Gasteiger partial charge in [-0.15, -0.1) is 0 Å². The monoisotopic (exact) mass is 560 g/mol.